The fourth-order valence-electron chi connectivity index (χ4n) is 2.57. The third-order valence-electron chi connectivity index (χ3n) is 3.35. The van der Waals surface area contributed by atoms with Gasteiger partial charge in [0.2, 0.25) is 0 Å². The van der Waals surface area contributed by atoms with Gasteiger partial charge in [0, 0.05) is 13.0 Å². The van der Waals surface area contributed by atoms with Crippen LogP contribution >= 0.6 is 0 Å². The predicted molar refractivity (Wildman–Crippen MR) is 73.5 cm³/mol. The van der Waals surface area contributed by atoms with Gasteiger partial charge in [0.1, 0.15) is 0 Å². The van der Waals surface area contributed by atoms with Gasteiger partial charge in [0.25, 0.3) is 0 Å². The Morgan fingerprint density at radius 2 is 2.00 bits per heavy atom. The van der Waals surface area contributed by atoms with Gasteiger partial charge in [-0.15, -0.1) is 0 Å². The maximum atomic E-state index is 4.48. The molecule has 0 spiro atoms. The molecule has 0 bridgehead atoms. The minimum absolute atomic E-state index is 0.512. The van der Waals surface area contributed by atoms with Crippen molar-refractivity contribution in [2.24, 2.45) is 4.99 Å². The van der Waals surface area contributed by atoms with E-state index in [1.165, 1.54) is 36.2 Å². The van der Waals surface area contributed by atoms with Crippen LogP contribution in [0.3, 0.4) is 0 Å². The van der Waals surface area contributed by atoms with E-state index in [0.717, 1.165) is 13.0 Å². The zero-order valence-electron chi connectivity index (χ0n) is 10.9. The first-order valence-electron chi connectivity index (χ1n) is 6.81. The summed E-state index contributed by atoms with van der Waals surface area (Å²) in [4.78, 5) is 4.48. The van der Waals surface area contributed by atoms with Crippen molar-refractivity contribution in [2.75, 3.05) is 6.54 Å². The van der Waals surface area contributed by atoms with Crippen molar-refractivity contribution in [3.8, 4) is 0 Å². The molecule has 2 nitrogen and oxygen atoms in total. The van der Waals surface area contributed by atoms with E-state index in [9.17, 15) is 0 Å². The number of nitrogens with zero attached hydrogens (tertiary/aromatic N) is 1. The van der Waals surface area contributed by atoms with Crippen molar-refractivity contribution in [2.45, 2.75) is 45.6 Å². The molecule has 0 amide bonds. The average molecular weight is 230 g/mol. The van der Waals surface area contributed by atoms with Gasteiger partial charge in [-0.1, -0.05) is 38.1 Å². The van der Waals surface area contributed by atoms with E-state index < -0.39 is 0 Å². The fourth-order valence-corrected chi connectivity index (χ4v) is 2.57. The summed E-state index contributed by atoms with van der Waals surface area (Å²) in [6, 6.07) is 9.27. The number of amidine groups is 1. The van der Waals surface area contributed by atoms with Gasteiger partial charge in [-0.3, -0.25) is 4.99 Å². The summed E-state index contributed by atoms with van der Waals surface area (Å²) in [5, 5.41) is 3.58. The molecular formula is C15H22N2. The van der Waals surface area contributed by atoms with Crippen LogP contribution in [-0.2, 0) is 6.42 Å². The Labute approximate surface area is 104 Å². The number of aryl methyl sites for hydroxylation is 1. The normalized spacial score (nSPS) is 21.3. The van der Waals surface area contributed by atoms with Crippen molar-refractivity contribution in [3.05, 3.63) is 35.4 Å². The molecule has 2 heteroatoms. The van der Waals surface area contributed by atoms with Crippen molar-refractivity contribution in [1.29, 1.82) is 0 Å². The number of hydrogen-bond donors (Lipinski definition) is 1. The molecule has 0 saturated heterocycles. The van der Waals surface area contributed by atoms with Crippen LogP contribution in [0.15, 0.2) is 29.3 Å². The SMILES string of the molecule is CC.c1ccc2c(c1)CCC2NC1=NCCC1. The molecule has 92 valence electrons. The lowest BCUT2D eigenvalue weighted by molar-refractivity contribution is 0.635. The summed E-state index contributed by atoms with van der Waals surface area (Å²) >= 11 is 0. The van der Waals surface area contributed by atoms with Gasteiger partial charge in [-0.05, 0) is 30.4 Å². The number of nitrogens with one attached hydrogen (secondary N) is 1. The molecule has 0 saturated carbocycles. The second kappa shape index (κ2) is 5.85. The summed E-state index contributed by atoms with van der Waals surface area (Å²) in [6.07, 6.45) is 4.79. The van der Waals surface area contributed by atoms with Crippen LogP contribution in [0.1, 0.15) is 50.3 Å². The maximum Gasteiger partial charge on any atom is 0.0968 e. The van der Waals surface area contributed by atoms with Crippen molar-refractivity contribution < 1.29 is 0 Å². The third-order valence-corrected chi connectivity index (χ3v) is 3.35. The second-order valence-corrected chi connectivity index (χ2v) is 4.37. The highest BCUT2D eigenvalue weighted by molar-refractivity contribution is 5.84. The molecule has 0 radical (unpaired) electrons. The van der Waals surface area contributed by atoms with Crippen molar-refractivity contribution >= 4 is 5.84 Å². The molecule has 1 heterocycles. The fraction of sp³-hybridized carbons (Fsp3) is 0.533. The van der Waals surface area contributed by atoms with Gasteiger partial charge in [0.15, 0.2) is 0 Å². The Kier molecular flexibility index (Phi) is 4.18. The summed E-state index contributed by atoms with van der Waals surface area (Å²) in [6.45, 7) is 5.01. The smallest absolute Gasteiger partial charge is 0.0968 e. The molecule has 17 heavy (non-hydrogen) atoms. The second-order valence-electron chi connectivity index (χ2n) is 4.37. The first-order chi connectivity index (χ1) is 8.43. The van der Waals surface area contributed by atoms with E-state index in [-0.39, 0.29) is 0 Å². The number of benzene rings is 1. The quantitative estimate of drug-likeness (QED) is 0.784. The Morgan fingerprint density at radius 3 is 2.76 bits per heavy atom. The Morgan fingerprint density at radius 1 is 1.18 bits per heavy atom. The van der Waals surface area contributed by atoms with E-state index >= 15 is 0 Å². The highest BCUT2D eigenvalue weighted by Crippen LogP contribution is 2.30. The van der Waals surface area contributed by atoms with Crippen molar-refractivity contribution in [3.63, 3.8) is 0 Å². The maximum absolute atomic E-state index is 4.48. The summed E-state index contributed by atoms with van der Waals surface area (Å²) in [7, 11) is 0. The van der Waals surface area contributed by atoms with E-state index in [4.69, 9.17) is 0 Å². The van der Waals surface area contributed by atoms with Crippen LogP contribution < -0.4 is 5.32 Å². The Hall–Kier alpha value is -1.31. The monoisotopic (exact) mass is 230 g/mol. The van der Waals surface area contributed by atoms with Crippen molar-refractivity contribution in [1.82, 2.24) is 5.32 Å². The third kappa shape index (κ3) is 2.68. The lowest BCUT2D eigenvalue weighted by atomic mass is 10.1. The number of hydrogen-bond acceptors (Lipinski definition) is 2. The van der Waals surface area contributed by atoms with Crippen LogP contribution in [0.4, 0.5) is 0 Å². The van der Waals surface area contributed by atoms with Gasteiger partial charge < -0.3 is 5.32 Å². The minimum atomic E-state index is 0.512. The van der Waals surface area contributed by atoms with E-state index in [1.54, 1.807) is 0 Å². The first-order valence-corrected chi connectivity index (χ1v) is 6.81. The lowest BCUT2D eigenvalue weighted by Gasteiger charge is -2.14. The van der Waals surface area contributed by atoms with E-state index in [0.29, 0.717) is 6.04 Å². The zero-order chi connectivity index (χ0) is 12.1. The molecule has 0 fully saturated rings. The summed E-state index contributed by atoms with van der Waals surface area (Å²) < 4.78 is 0. The van der Waals surface area contributed by atoms with Gasteiger partial charge >= 0.3 is 0 Å². The zero-order valence-corrected chi connectivity index (χ0v) is 10.9. The van der Waals surface area contributed by atoms with Crippen LogP contribution in [0, 0.1) is 0 Å². The molecule has 1 aromatic rings. The Balaban J connectivity index is 0.000000514. The number of fused-ring (bicyclic) bond motifs is 1. The molecule has 0 aromatic heterocycles. The van der Waals surface area contributed by atoms with Crippen LogP contribution in [0.25, 0.3) is 0 Å². The average Bonchev–Trinajstić information content (AvgIpc) is 3.03. The van der Waals surface area contributed by atoms with E-state index in [1.807, 2.05) is 13.8 Å². The van der Waals surface area contributed by atoms with Crippen LogP contribution in [0.5, 0.6) is 0 Å². The van der Waals surface area contributed by atoms with Gasteiger partial charge in [0.05, 0.1) is 11.9 Å². The molecule has 1 atom stereocenters. The molecule has 1 aliphatic heterocycles. The minimum Gasteiger partial charge on any atom is -0.367 e. The van der Waals surface area contributed by atoms with E-state index in [2.05, 4.69) is 34.6 Å². The molecule has 1 unspecified atom stereocenters. The molecule has 3 rings (SSSR count). The predicted octanol–water partition coefficient (Wildman–Crippen LogP) is 3.48. The summed E-state index contributed by atoms with van der Waals surface area (Å²) in [5.74, 6) is 1.22. The number of rotatable bonds is 1. The lowest BCUT2D eigenvalue weighted by Crippen LogP contribution is -2.25. The molecule has 2 aliphatic rings. The molecular weight excluding hydrogens is 208 g/mol. The number of aliphatic imine (C=N–C) groups is 1. The molecule has 1 aromatic carbocycles. The van der Waals surface area contributed by atoms with Gasteiger partial charge in [-0.2, -0.15) is 0 Å². The van der Waals surface area contributed by atoms with Gasteiger partial charge in [-0.25, -0.2) is 0 Å². The molecule has 1 N–H and O–H groups in total. The first kappa shape index (κ1) is 12.2. The standard InChI is InChI=1S/C13H16N2.C2H6/c1-2-5-11-10(4-1)7-8-12(11)15-13-6-3-9-14-13;1-2/h1-2,4-5,12H,3,6-9H2,(H,14,15);1-2H3. The highest BCUT2D eigenvalue weighted by atomic mass is 15.0. The largest absolute Gasteiger partial charge is 0.367 e. The molecule has 1 aliphatic carbocycles. The van der Waals surface area contributed by atoms with Crippen LogP contribution in [-0.4, -0.2) is 12.4 Å². The Bertz CT molecular complexity index is 396. The van der Waals surface area contributed by atoms with Crippen LogP contribution in [0.2, 0.25) is 0 Å². The topological polar surface area (TPSA) is 24.4 Å². The summed E-state index contributed by atoms with van der Waals surface area (Å²) in [5.41, 5.74) is 2.99. The highest BCUT2D eigenvalue weighted by Gasteiger charge is 2.22.